The van der Waals surface area contributed by atoms with Crippen LogP contribution in [0.25, 0.3) is 0 Å². The Morgan fingerprint density at radius 3 is 1.96 bits per heavy atom. The number of likely N-dealkylation sites (N-methyl/N-ethyl adjacent to an activating group) is 1. The Bertz CT molecular complexity index is 1030. The van der Waals surface area contributed by atoms with Crippen LogP contribution in [0.15, 0.2) is 65.6 Å². The molecule has 2 amide bonds. The van der Waals surface area contributed by atoms with Crippen LogP contribution in [0.4, 0.5) is 0 Å². The maximum atomic E-state index is 13.5. The van der Waals surface area contributed by atoms with E-state index in [1.807, 2.05) is 6.07 Å². The Balaban J connectivity index is 1.93. The number of amides is 2. The van der Waals surface area contributed by atoms with Gasteiger partial charge in [-0.05, 0) is 31.5 Å². The second kappa shape index (κ2) is 6.17. The predicted octanol–water partition coefficient (Wildman–Crippen LogP) is 2.03. The third-order valence-corrected chi connectivity index (χ3v) is 8.10. The summed E-state index contributed by atoms with van der Waals surface area (Å²) in [6, 6.07) is 16.1. The second-order valence-electron chi connectivity index (χ2n) is 7.76. The first kappa shape index (κ1) is 18.7. The lowest BCUT2D eigenvalue weighted by molar-refractivity contribution is -0.134. The van der Waals surface area contributed by atoms with E-state index in [1.54, 1.807) is 63.4 Å². The fourth-order valence-electron chi connectivity index (χ4n) is 4.37. The van der Waals surface area contributed by atoms with Crippen molar-refractivity contribution >= 4 is 21.7 Å². The molecular formula is C21H22N2O4S. The van der Waals surface area contributed by atoms with Crippen molar-refractivity contribution in [1.29, 1.82) is 0 Å². The first-order valence-corrected chi connectivity index (χ1v) is 10.7. The van der Waals surface area contributed by atoms with Crippen LogP contribution in [-0.2, 0) is 19.4 Å². The highest BCUT2D eigenvalue weighted by Crippen LogP contribution is 2.48. The maximum absolute atomic E-state index is 13.5. The molecule has 28 heavy (non-hydrogen) atoms. The normalized spacial score (nSPS) is 26.6. The van der Waals surface area contributed by atoms with E-state index in [0.29, 0.717) is 5.56 Å². The average Bonchev–Trinajstić information content (AvgIpc) is 3.10. The molecule has 0 spiro atoms. The lowest BCUT2D eigenvalue weighted by atomic mass is 9.91. The second-order valence-corrected chi connectivity index (χ2v) is 9.83. The van der Waals surface area contributed by atoms with Gasteiger partial charge in [-0.2, -0.15) is 0 Å². The molecule has 2 heterocycles. The number of fused-ring (bicyclic) bond motifs is 1. The summed E-state index contributed by atoms with van der Waals surface area (Å²) in [4.78, 5) is 29.6. The Labute approximate surface area is 164 Å². The minimum atomic E-state index is -3.98. The van der Waals surface area contributed by atoms with E-state index in [4.69, 9.17) is 0 Å². The van der Waals surface area contributed by atoms with Gasteiger partial charge >= 0.3 is 0 Å². The Kier molecular flexibility index (Phi) is 4.12. The molecule has 0 aliphatic carbocycles. The molecule has 2 aliphatic heterocycles. The molecule has 0 saturated carbocycles. The molecular weight excluding hydrogens is 376 g/mol. The number of carbonyl (C=O) groups is 2. The highest BCUT2D eigenvalue weighted by Gasteiger charge is 2.66. The Morgan fingerprint density at radius 1 is 0.857 bits per heavy atom. The Hall–Kier alpha value is -2.67. The first-order valence-electron chi connectivity index (χ1n) is 9.14. The zero-order valence-electron chi connectivity index (χ0n) is 15.9. The molecule has 0 bridgehead atoms. The van der Waals surface area contributed by atoms with Crippen molar-refractivity contribution in [1.82, 2.24) is 9.80 Å². The molecule has 0 N–H and O–H groups in total. The number of benzene rings is 2. The van der Waals surface area contributed by atoms with Crippen molar-refractivity contribution in [3.8, 4) is 0 Å². The molecule has 7 heteroatoms. The minimum absolute atomic E-state index is 0.0917. The summed E-state index contributed by atoms with van der Waals surface area (Å²) < 4.78 is 27.0. The smallest absolute Gasteiger partial charge is 0.247 e. The SMILES string of the molecule is CN1C(=O)[C@@H]2[C@@H](c3ccccc3)[C@H](S(=O)(=O)c3ccccc3)C(=O)N2C1(C)C. The van der Waals surface area contributed by atoms with Gasteiger partial charge in [0.2, 0.25) is 11.8 Å². The molecule has 3 atom stereocenters. The van der Waals surface area contributed by atoms with E-state index in [0.717, 1.165) is 0 Å². The van der Waals surface area contributed by atoms with Crippen LogP contribution < -0.4 is 0 Å². The third-order valence-electron chi connectivity index (χ3n) is 6.01. The fraction of sp³-hybridized carbons (Fsp3) is 0.333. The van der Waals surface area contributed by atoms with Gasteiger partial charge in [-0.25, -0.2) is 8.42 Å². The monoisotopic (exact) mass is 398 g/mol. The molecule has 2 fully saturated rings. The number of rotatable bonds is 3. The van der Waals surface area contributed by atoms with Gasteiger partial charge in [0.15, 0.2) is 15.1 Å². The van der Waals surface area contributed by atoms with Crippen LogP contribution >= 0.6 is 0 Å². The van der Waals surface area contributed by atoms with Gasteiger partial charge in [0.1, 0.15) is 11.7 Å². The first-order chi connectivity index (χ1) is 13.2. The van der Waals surface area contributed by atoms with Crippen molar-refractivity contribution in [3.05, 3.63) is 66.2 Å². The zero-order chi connectivity index (χ0) is 20.3. The quantitative estimate of drug-likeness (QED) is 0.793. The van der Waals surface area contributed by atoms with Crippen LogP contribution in [0.5, 0.6) is 0 Å². The standard InChI is InChI=1S/C21H22N2O4S/c1-21(2)22(3)19(24)17-16(14-10-6-4-7-11-14)18(20(25)23(17)21)28(26,27)15-12-8-5-9-13-15/h4-13,16-18H,1-3H3/t16-,17+,18+/m1/s1. The van der Waals surface area contributed by atoms with Gasteiger partial charge in [-0.1, -0.05) is 48.5 Å². The van der Waals surface area contributed by atoms with Gasteiger partial charge in [-0.3, -0.25) is 9.59 Å². The summed E-state index contributed by atoms with van der Waals surface area (Å²) in [5.41, 5.74) is -0.223. The van der Waals surface area contributed by atoms with Crippen molar-refractivity contribution in [3.63, 3.8) is 0 Å². The molecule has 0 unspecified atom stereocenters. The fourth-order valence-corrected chi connectivity index (χ4v) is 6.27. The van der Waals surface area contributed by atoms with E-state index in [1.165, 1.54) is 21.9 Å². The van der Waals surface area contributed by atoms with Gasteiger partial charge in [0.25, 0.3) is 0 Å². The van der Waals surface area contributed by atoms with Gasteiger partial charge < -0.3 is 9.80 Å². The van der Waals surface area contributed by atoms with Gasteiger partial charge in [0, 0.05) is 13.0 Å². The summed E-state index contributed by atoms with van der Waals surface area (Å²) in [6.45, 7) is 3.53. The number of sulfone groups is 1. The Morgan fingerprint density at radius 2 is 1.39 bits per heavy atom. The topological polar surface area (TPSA) is 74.8 Å². The van der Waals surface area contributed by atoms with Gasteiger partial charge in [0.05, 0.1) is 4.90 Å². The van der Waals surface area contributed by atoms with Crippen LogP contribution in [0, 0.1) is 0 Å². The summed E-state index contributed by atoms with van der Waals surface area (Å²) >= 11 is 0. The number of carbonyl (C=O) groups excluding carboxylic acids is 2. The largest absolute Gasteiger partial charge is 0.321 e. The molecule has 2 saturated heterocycles. The van der Waals surface area contributed by atoms with E-state index in [2.05, 4.69) is 0 Å². The summed E-state index contributed by atoms with van der Waals surface area (Å²) in [5.74, 6) is -1.53. The summed E-state index contributed by atoms with van der Waals surface area (Å²) in [6.07, 6.45) is 0. The molecule has 146 valence electrons. The minimum Gasteiger partial charge on any atom is -0.321 e. The molecule has 2 aromatic carbocycles. The van der Waals surface area contributed by atoms with E-state index in [9.17, 15) is 18.0 Å². The van der Waals surface area contributed by atoms with Gasteiger partial charge in [-0.15, -0.1) is 0 Å². The lowest BCUT2D eigenvalue weighted by Crippen LogP contribution is -2.51. The molecule has 4 rings (SSSR count). The van der Waals surface area contributed by atoms with E-state index >= 15 is 0 Å². The molecule has 0 radical (unpaired) electrons. The van der Waals surface area contributed by atoms with Crippen molar-refractivity contribution in [2.75, 3.05) is 7.05 Å². The molecule has 6 nitrogen and oxygen atoms in total. The van der Waals surface area contributed by atoms with Crippen LogP contribution in [0.1, 0.15) is 25.3 Å². The predicted molar refractivity (Wildman–Crippen MR) is 104 cm³/mol. The summed E-state index contributed by atoms with van der Waals surface area (Å²) in [7, 11) is -2.33. The highest BCUT2D eigenvalue weighted by atomic mass is 32.2. The van der Waals surface area contributed by atoms with E-state index < -0.39 is 38.6 Å². The van der Waals surface area contributed by atoms with Crippen LogP contribution in [0.2, 0.25) is 0 Å². The highest BCUT2D eigenvalue weighted by molar-refractivity contribution is 7.93. The molecule has 2 aromatic rings. The van der Waals surface area contributed by atoms with Crippen molar-refractivity contribution < 1.29 is 18.0 Å². The summed E-state index contributed by atoms with van der Waals surface area (Å²) in [5, 5.41) is -1.33. The maximum Gasteiger partial charge on any atom is 0.247 e. The number of hydrogen-bond donors (Lipinski definition) is 0. The zero-order valence-corrected chi connectivity index (χ0v) is 16.8. The van der Waals surface area contributed by atoms with Crippen LogP contribution in [-0.4, -0.2) is 54.0 Å². The van der Waals surface area contributed by atoms with Crippen molar-refractivity contribution in [2.45, 2.75) is 41.6 Å². The van der Waals surface area contributed by atoms with Crippen LogP contribution in [0.3, 0.4) is 0 Å². The number of hydrogen-bond acceptors (Lipinski definition) is 4. The lowest BCUT2D eigenvalue weighted by Gasteiger charge is -2.35. The third kappa shape index (κ3) is 2.42. The number of nitrogens with zero attached hydrogens (tertiary/aromatic N) is 2. The average molecular weight is 398 g/mol. The molecule has 0 aromatic heterocycles. The molecule has 2 aliphatic rings. The van der Waals surface area contributed by atoms with E-state index in [-0.39, 0.29) is 10.8 Å². The van der Waals surface area contributed by atoms with Crippen molar-refractivity contribution in [2.24, 2.45) is 0 Å².